The number of hydrogen-bond acceptors (Lipinski definition) is 2. The second-order valence-electron chi connectivity index (χ2n) is 6.75. The molecule has 0 saturated heterocycles. The number of imidazole rings is 1. The summed E-state index contributed by atoms with van der Waals surface area (Å²) >= 11 is 0. The van der Waals surface area contributed by atoms with Crippen LogP contribution in [0.15, 0.2) is 30.6 Å². The highest BCUT2D eigenvalue weighted by Crippen LogP contribution is 2.36. The number of hydrogen-bond donors (Lipinski definition) is 0. The first-order valence-electron chi connectivity index (χ1n) is 7.36. The van der Waals surface area contributed by atoms with Crippen LogP contribution in [0, 0.1) is 12.0 Å². The minimum absolute atomic E-state index is 0.251. The fourth-order valence-electron chi connectivity index (χ4n) is 1.76. The molecule has 3 nitrogen and oxygen atoms in total. The predicted octanol–water partition coefficient (Wildman–Crippen LogP) is 4.26. The Labute approximate surface area is 128 Å². The molecule has 112 valence electrons. The summed E-state index contributed by atoms with van der Waals surface area (Å²) in [7, 11) is -1.65. The Morgan fingerprint density at radius 1 is 1.24 bits per heavy atom. The van der Waals surface area contributed by atoms with Gasteiger partial charge < -0.3 is 4.43 Å². The van der Waals surface area contributed by atoms with Crippen LogP contribution in [0.1, 0.15) is 27.2 Å². The van der Waals surface area contributed by atoms with Crippen molar-refractivity contribution in [3.05, 3.63) is 30.6 Å². The summed E-state index contributed by atoms with van der Waals surface area (Å²) in [5.41, 5.74) is 2.03. The molecule has 2 rings (SSSR count). The lowest BCUT2D eigenvalue weighted by molar-refractivity contribution is 0.296. The lowest BCUT2D eigenvalue weighted by atomic mass is 10.2. The molecule has 0 aliphatic rings. The standard InChI is InChI=1S/C17H24N2OSi/c1-17(2,3)21(4,5)20-13-9-8-12-19-14-18-15-10-6-7-11-16(15)19/h6-7,10-11,14H,9,13H2,1-5H3. The molecular formula is C17H24N2OSi. The van der Waals surface area contributed by atoms with E-state index in [4.69, 9.17) is 4.43 Å². The molecule has 0 N–H and O–H groups in total. The smallest absolute Gasteiger partial charge is 0.192 e. The summed E-state index contributed by atoms with van der Waals surface area (Å²) in [5.74, 6) is 3.17. The third-order valence-corrected chi connectivity index (χ3v) is 8.69. The monoisotopic (exact) mass is 300 g/mol. The van der Waals surface area contributed by atoms with E-state index < -0.39 is 8.32 Å². The van der Waals surface area contributed by atoms with Crippen molar-refractivity contribution in [1.82, 2.24) is 9.55 Å². The number of nitrogens with zero attached hydrogens (tertiary/aromatic N) is 2. The highest BCUT2D eigenvalue weighted by Gasteiger charge is 2.36. The summed E-state index contributed by atoms with van der Waals surface area (Å²) in [4.78, 5) is 4.33. The van der Waals surface area contributed by atoms with E-state index in [1.54, 1.807) is 6.33 Å². The van der Waals surface area contributed by atoms with Gasteiger partial charge in [-0.1, -0.05) is 38.8 Å². The van der Waals surface area contributed by atoms with E-state index in [1.165, 1.54) is 0 Å². The summed E-state index contributed by atoms with van der Waals surface area (Å²) in [6.07, 6.45) is 2.52. The van der Waals surface area contributed by atoms with Crippen molar-refractivity contribution in [2.45, 2.75) is 45.3 Å². The molecule has 1 aromatic carbocycles. The number of benzene rings is 1. The van der Waals surface area contributed by atoms with E-state index in [0.29, 0.717) is 6.61 Å². The van der Waals surface area contributed by atoms with Crippen molar-refractivity contribution >= 4 is 19.4 Å². The average molecular weight is 300 g/mol. The van der Waals surface area contributed by atoms with Crippen LogP contribution in [0.4, 0.5) is 0 Å². The minimum atomic E-state index is -1.65. The van der Waals surface area contributed by atoms with Gasteiger partial charge >= 0.3 is 0 Å². The van der Waals surface area contributed by atoms with Gasteiger partial charge in [-0.25, -0.2) is 4.98 Å². The lowest BCUT2D eigenvalue weighted by Gasteiger charge is -2.35. The molecule has 1 heterocycles. The lowest BCUT2D eigenvalue weighted by Crippen LogP contribution is -2.40. The van der Waals surface area contributed by atoms with Gasteiger partial charge in [-0.3, -0.25) is 4.57 Å². The van der Waals surface area contributed by atoms with Crippen molar-refractivity contribution in [2.75, 3.05) is 6.61 Å². The molecule has 2 aromatic rings. The molecule has 0 amide bonds. The SMILES string of the molecule is CC(C)(C)[Si](C)(C)OCCC#Cn1cnc2ccccc21. The molecule has 0 spiro atoms. The van der Waals surface area contributed by atoms with Crippen LogP contribution < -0.4 is 0 Å². The molecule has 4 heteroatoms. The van der Waals surface area contributed by atoms with Gasteiger partial charge in [-0.15, -0.1) is 0 Å². The molecular weight excluding hydrogens is 276 g/mol. The van der Waals surface area contributed by atoms with E-state index in [9.17, 15) is 0 Å². The summed E-state index contributed by atoms with van der Waals surface area (Å²) in [6, 6.07) is 11.1. The first kappa shape index (κ1) is 15.8. The van der Waals surface area contributed by atoms with Crippen molar-refractivity contribution in [3.63, 3.8) is 0 Å². The Morgan fingerprint density at radius 2 is 1.95 bits per heavy atom. The summed E-state index contributed by atoms with van der Waals surface area (Å²) in [5, 5.41) is 0.251. The van der Waals surface area contributed by atoms with Gasteiger partial charge in [0, 0.05) is 19.1 Å². The maximum absolute atomic E-state index is 6.11. The van der Waals surface area contributed by atoms with Crippen LogP contribution in [0.3, 0.4) is 0 Å². The largest absolute Gasteiger partial charge is 0.416 e. The Kier molecular flexibility index (Phi) is 4.55. The summed E-state index contributed by atoms with van der Waals surface area (Å²) in [6.45, 7) is 12.0. The molecule has 0 fully saturated rings. The van der Waals surface area contributed by atoms with Crippen LogP contribution in [-0.4, -0.2) is 24.5 Å². The van der Waals surface area contributed by atoms with Crippen LogP contribution >= 0.6 is 0 Å². The van der Waals surface area contributed by atoms with Crippen molar-refractivity contribution in [1.29, 1.82) is 0 Å². The van der Waals surface area contributed by atoms with Gasteiger partial charge in [0.05, 0.1) is 11.0 Å². The Bertz CT molecular complexity index is 671. The van der Waals surface area contributed by atoms with Crippen LogP contribution in [0.2, 0.25) is 18.1 Å². The topological polar surface area (TPSA) is 27.1 Å². The fourth-order valence-corrected chi connectivity index (χ4v) is 2.81. The van der Waals surface area contributed by atoms with Crippen LogP contribution in [0.5, 0.6) is 0 Å². The van der Waals surface area contributed by atoms with Gasteiger partial charge in [0.2, 0.25) is 0 Å². The molecule has 0 radical (unpaired) electrons. The third kappa shape index (κ3) is 3.75. The zero-order chi connectivity index (χ0) is 15.5. The van der Waals surface area contributed by atoms with Crippen molar-refractivity contribution in [2.24, 2.45) is 0 Å². The molecule has 0 atom stereocenters. The predicted molar refractivity (Wildman–Crippen MR) is 90.7 cm³/mol. The van der Waals surface area contributed by atoms with Crippen molar-refractivity contribution in [3.8, 4) is 12.0 Å². The molecule has 0 bridgehead atoms. The first-order valence-corrected chi connectivity index (χ1v) is 10.3. The maximum Gasteiger partial charge on any atom is 0.192 e. The molecule has 0 unspecified atom stereocenters. The zero-order valence-electron chi connectivity index (χ0n) is 13.6. The second-order valence-corrected chi connectivity index (χ2v) is 11.6. The van der Waals surface area contributed by atoms with Gasteiger partial charge in [0.1, 0.15) is 6.33 Å². The van der Waals surface area contributed by atoms with Crippen LogP contribution in [0.25, 0.3) is 11.0 Å². The first-order chi connectivity index (χ1) is 9.81. The van der Waals surface area contributed by atoms with E-state index in [2.05, 4.69) is 50.8 Å². The maximum atomic E-state index is 6.11. The molecule has 0 saturated carbocycles. The van der Waals surface area contributed by atoms with Gasteiger partial charge in [-0.05, 0) is 30.3 Å². The van der Waals surface area contributed by atoms with Gasteiger partial charge in [0.15, 0.2) is 8.32 Å². The van der Waals surface area contributed by atoms with E-state index >= 15 is 0 Å². The second kappa shape index (κ2) is 6.04. The van der Waals surface area contributed by atoms with Gasteiger partial charge in [-0.2, -0.15) is 0 Å². The average Bonchev–Trinajstić information content (AvgIpc) is 2.80. The molecule has 0 aliphatic carbocycles. The molecule has 21 heavy (non-hydrogen) atoms. The fraction of sp³-hybridized carbons (Fsp3) is 0.471. The molecule has 0 aliphatic heterocycles. The Balaban J connectivity index is 1.93. The van der Waals surface area contributed by atoms with Crippen LogP contribution in [-0.2, 0) is 4.43 Å². The third-order valence-electron chi connectivity index (χ3n) is 4.15. The number of fused-ring (bicyclic) bond motifs is 1. The Morgan fingerprint density at radius 3 is 2.67 bits per heavy atom. The number of rotatable bonds is 3. The number of para-hydroxylation sites is 2. The molecule has 1 aromatic heterocycles. The summed E-state index contributed by atoms with van der Waals surface area (Å²) < 4.78 is 7.99. The highest BCUT2D eigenvalue weighted by molar-refractivity contribution is 6.74. The van der Waals surface area contributed by atoms with E-state index in [1.807, 2.05) is 28.8 Å². The van der Waals surface area contributed by atoms with Crippen molar-refractivity contribution < 1.29 is 4.43 Å². The van der Waals surface area contributed by atoms with Gasteiger partial charge in [0.25, 0.3) is 0 Å². The minimum Gasteiger partial charge on any atom is -0.416 e. The number of aromatic nitrogens is 2. The highest BCUT2D eigenvalue weighted by atomic mass is 28.4. The zero-order valence-corrected chi connectivity index (χ0v) is 14.6. The normalized spacial score (nSPS) is 12.2. The Hall–Kier alpha value is -1.57. The van der Waals surface area contributed by atoms with E-state index in [-0.39, 0.29) is 5.04 Å². The van der Waals surface area contributed by atoms with E-state index in [0.717, 1.165) is 17.5 Å². The quantitative estimate of drug-likeness (QED) is 0.481.